The molecule has 4 rings (SSSR count). The summed E-state index contributed by atoms with van der Waals surface area (Å²) in [5, 5.41) is 9.81. The molecule has 11 nitrogen and oxygen atoms in total. The number of anilines is 2. The Balaban J connectivity index is 1.83. The molecule has 0 saturated heterocycles. The fourth-order valence-corrected chi connectivity index (χ4v) is 3.90. The van der Waals surface area contributed by atoms with Crippen LogP contribution in [0.25, 0.3) is 32.9 Å². The summed E-state index contributed by atoms with van der Waals surface area (Å²) in [5.74, 6) is -7.76. The topological polar surface area (TPSA) is 165 Å². The molecule has 17 heteroatoms. The standard InChI is InChI=1S/C19H13ClF5N9O2/c1-17(16(36)31-33-27)10-12(26)28-14(29-13(10)30-15(17)35)11-8-3-2-7(20)6-9(8)34(32-11)5-4-18(21,22)19(23,24)25/h2-3,6H,4-5H2,1H3,(H3,26,28,29,30,35). The smallest absolute Gasteiger partial charge is 0.383 e. The zero-order valence-electron chi connectivity index (χ0n) is 17.9. The van der Waals surface area contributed by atoms with Crippen molar-refractivity contribution in [2.24, 2.45) is 5.11 Å². The van der Waals surface area contributed by atoms with Crippen LogP contribution >= 0.6 is 11.6 Å². The van der Waals surface area contributed by atoms with Crippen molar-refractivity contribution in [3.63, 3.8) is 0 Å². The third-order valence-electron chi connectivity index (χ3n) is 5.66. The third-order valence-corrected chi connectivity index (χ3v) is 5.90. The summed E-state index contributed by atoms with van der Waals surface area (Å²) in [6.45, 7) is 0.330. The van der Waals surface area contributed by atoms with E-state index in [9.17, 15) is 31.5 Å². The number of aryl methyl sites for hydroxylation is 1. The number of amides is 2. The van der Waals surface area contributed by atoms with Gasteiger partial charge in [-0.05, 0) is 35.8 Å². The third kappa shape index (κ3) is 3.83. The van der Waals surface area contributed by atoms with Crippen molar-refractivity contribution in [3.8, 4) is 11.5 Å². The summed E-state index contributed by atoms with van der Waals surface area (Å²) >= 11 is 5.98. The SMILES string of the molecule is CC1(C(=O)N=[N+]=[N-])C(=O)Nc2nc(-c3nn(CCC(F)(F)C(F)(F)F)c4cc(Cl)ccc34)nc(N)c21. The highest BCUT2D eigenvalue weighted by atomic mass is 35.5. The van der Waals surface area contributed by atoms with E-state index in [1.54, 1.807) is 0 Å². The largest absolute Gasteiger partial charge is 0.453 e. The van der Waals surface area contributed by atoms with Gasteiger partial charge in [-0.3, -0.25) is 14.3 Å². The first-order valence-corrected chi connectivity index (χ1v) is 10.3. The Morgan fingerprint density at radius 3 is 2.64 bits per heavy atom. The average Bonchev–Trinajstić information content (AvgIpc) is 3.26. The van der Waals surface area contributed by atoms with Gasteiger partial charge in [0.25, 0.3) is 0 Å². The van der Waals surface area contributed by atoms with Crippen molar-refractivity contribution in [3.05, 3.63) is 39.2 Å². The summed E-state index contributed by atoms with van der Waals surface area (Å²) in [4.78, 5) is 35.5. The first kappa shape index (κ1) is 25.1. The molecule has 0 saturated carbocycles. The van der Waals surface area contributed by atoms with E-state index in [1.807, 2.05) is 0 Å². The number of fused-ring (bicyclic) bond motifs is 2. The van der Waals surface area contributed by atoms with E-state index in [0.29, 0.717) is 0 Å². The number of benzene rings is 1. The number of nitrogens with two attached hydrogens (primary N) is 1. The molecule has 3 heterocycles. The molecule has 1 aromatic carbocycles. The molecular weight excluding hydrogens is 517 g/mol. The molecule has 3 aromatic rings. The number of rotatable bonds is 5. The predicted octanol–water partition coefficient (Wildman–Crippen LogP) is 4.36. The molecule has 188 valence electrons. The normalized spacial score (nSPS) is 17.6. The number of nitrogens with zero attached hydrogens (tertiary/aromatic N) is 7. The van der Waals surface area contributed by atoms with Crippen molar-refractivity contribution in [1.29, 1.82) is 0 Å². The van der Waals surface area contributed by atoms with Gasteiger partial charge in [-0.1, -0.05) is 11.6 Å². The summed E-state index contributed by atoms with van der Waals surface area (Å²) in [6.07, 6.45) is -7.34. The molecule has 1 aliphatic heterocycles. The number of carbonyl (C=O) groups is 2. The molecule has 0 fully saturated rings. The lowest BCUT2D eigenvalue weighted by Gasteiger charge is -2.19. The minimum Gasteiger partial charge on any atom is -0.383 e. The molecule has 0 spiro atoms. The van der Waals surface area contributed by atoms with Crippen LogP contribution in [0.3, 0.4) is 0 Å². The van der Waals surface area contributed by atoms with E-state index in [2.05, 4.69) is 30.4 Å². The number of hydrogen-bond donors (Lipinski definition) is 2. The molecule has 2 amide bonds. The van der Waals surface area contributed by atoms with Gasteiger partial charge >= 0.3 is 12.1 Å². The molecular formula is C19H13ClF5N9O2. The van der Waals surface area contributed by atoms with Crippen LogP contribution in [0.15, 0.2) is 23.3 Å². The van der Waals surface area contributed by atoms with Crippen LogP contribution in [0.1, 0.15) is 18.9 Å². The van der Waals surface area contributed by atoms with Gasteiger partial charge in [0.1, 0.15) is 22.7 Å². The Hall–Kier alpha value is -4.04. The molecule has 1 unspecified atom stereocenters. The molecule has 1 aliphatic rings. The molecule has 2 aromatic heterocycles. The van der Waals surface area contributed by atoms with E-state index < -0.39 is 42.3 Å². The van der Waals surface area contributed by atoms with Crippen molar-refractivity contribution in [2.75, 3.05) is 11.1 Å². The van der Waals surface area contributed by atoms with Gasteiger partial charge in [-0.2, -0.15) is 27.1 Å². The van der Waals surface area contributed by atoms with Gasteiger partial charge in [-0.15, -0.1) is 0 Å². The van der Waals surface area contributed by atoms with Crippen LogP contribution < -0.4 is 11.1 Å². The van der Waals surface area contributed by atoms with E-state index in [1.165, 1.54) is 18.2 Å². The van der Waals surface area contributed by atoms with Gasteiger partial charge in [0.2, 0.25) is 11.8 Å². The number of halogens is 6. The number of azide groups is 1. The maximum absolute atomic E-state index is 13.5. The molecule has 36 heavy (non-hydrogen) atoms. The Morgan fingerprint density at radius 2 is 2.00 bits per heavy atom. The fraction of sp³-hybridized carbons (Fsp3) is 0.316. The predicted molar refractivity (Wildman–Crippen MR) is 116 cm³/mol. The zero-order chi connectivity index (χ0) is 26.6. The van der Waals surface area contributed by atoms with Crippen LogP contribution in [0.4, 0.5) is 33.6 Å². The van der Waals surface area contributed by atoms with E-state index in [-0.39, 0.29) is 44.6 Å². The summed E-state index contributed by atoms with van der Waals surface area (Å²) in [5.41, 5.74) is 12.5. The number of alkyl halides is 5. The van der Waals surface area contributed by atoms with E-state index in [0.717, 1.165) is 11.6 Å². The number of nitrogens with one attached hydrogen (secondary N) is 1. The first-order valence-electron chi connectivity index (χ1n) is 9.90. The van der Waals surface area contributed by atoms with Crippen molar-refractivity contribution in [2.45, 2.75) is 37.4 Å². The van der Waals surface area contributed by atoms with Crippen LogP contribution in [0, 0.1) is 0 Å². The second kappa shape index (κ2) is 8.27. The molecule has 0 radical (unpaired) electrons. The summed E-state index contributed by atoms with van der Waals surface area (Å²) in [6, 6.07) is 4.17. The highest BCUT2D eigenvalue weighted by Gasteiger charge is 2.57. The van der Waals surface area contributed by atoms with Gasteiger partial charge in [0.15, 0.2) is 5.82 Å². The first-order chi connectivity index (χ1) is 16.7. The van der Waals surface area contributed by atoms with Crippen LogP contribution in [-0.2, 0) is 21.5 Å². The van der Waals surface area contributed by atoms with Gasteiger partial charge in [-0.25, -0.2) is 9.97 Å². The van der Waals surface area contributed by atoms with Crippen molar-refractivity contribution < 1.29 is 31.5 Å². The number of hydrogen-bond acceptors (Lipinski definition) is 6. The lowest BCUT2D eigenvalue weighted by molar-refractivity contribution is -0.285. The highest BCUT2D eigenvalue weighted by molar-refractivity contribution is 6.31. The lowest BCUT2D eigenvalue weighted by atomic mass is 9.84. The number of carbonyl (C=O) groups excluding carboxylic acids is 2. The van der Waals surface area contributed by atoms with Crippen LogP contribution in [-0.4, -0.2) is 43.7 Å². The minimum absolute atomic E-state index is 0.0595. The van der Waals surface area contributed by atoms with Crippen molar-refractivity contribution >= 4 is 46.0 Å². The second-order valence-electron chi connectivity index (χ2n) is 7.92. The maximum atomic E-state index is 13.5. The fourth-order valence-electron chi connectivity index (χ4n) is 3.73. The van der Waals surface area contributed by atoms with E-state index in [4.69, 9.17) is 22.9 Å². The average molecular weight is 530 g/mol. The quantitative estimate of drug-likeness (QED) is 0.164. The van der Waals surface area contributed by atoms with E-state index >= 15 is 0 Å². The Bertz CT molecular complexity index is 1480. The Kier molecular flexibility index (Phi) is 5.76. The zero-order valence-corrected chi connectivity index (χ0v) is 18.7. The number of nitrogen functional groups attached to an aromatic ring is 1. The van der Waals surface area contributed by atoms with Crippen molar-refractivity contribution in [1.82, 2.24) is 19.7 Å². The summed E-state index contributed by atoms with van der Waals surface area (Å²) in [7, 11) is 0. The Labute approximate surface area is 202 Å². The van der Waals surface area contributed by atoms with Crippen LogP contribution in [0.5, 0.6) is 0 Å². The summed E-state index contributed by atoms with van der Waals surface area (Å²) < 4.78 is 65.9. The number of aromatic nitrogens is 4. The minimum atomic E-state index is -5.74. The van der Waals surface area contributed by atoms with Gasteiger partial charge < -0.3 is 11.1 Å². The molecule has 0 aliphatic carbocycles. The van der Waals surface area contributed by atoms with Gasteiger partial charge in [0, 0.05) is 28.3 Å². The highest BCUT2D eigenvalue weighted by Crippen LogP contribution is 2.43. The van der Waals surface area contributed by atoms with Crippen LogP contribution in [0.2, 0.25) is 5.02 Å². The monoisotopic (exact) mass is 529 g/mol. The molecule has 3 N–H and O–H groups in total. The van der Waals surface area contributed by atoms with Gasteiger partial charge in [0.05, 0.1) is 11.1 Å². The Morgan fingerprint density at radius 1 is 1.31 bits per heavy atom. The molecule has 0 bridgehead atoms. The molecule has 1 atom stereocenters. The maximum Gasteiger partial charge on any atom is 0.453 e. The second-order valence-corrected chi connectivity index (χ2v) is 8.35. The lowest BCUT2D eigenvalue weighted by Crippen LogP contribution is -2.38.